The number of benzene rings is 1. The minimum Gasteiger partial charge on any atom is -0.411 e. The van der Waals surface area contributed by atoms with Crippen LogP contribution in [0.2, 0.25) is 0 Å². The van der Waals surface area contributed by atoms with Crippen LogP contribution in [-0.2, 0) is 12.8 Å². The first kappa shape index (κ1) is 12.0. The lowest BCUT2D eigenvalue weighted by Gasteiger charge is -2.23. The Bertz CT molecular complexity index is 601. The maximum absolute atomic E-state index is 9.29. The van der Waals surface area contributed by atoms with Gasteiger partial charge in [0.2, 0.25) is 0 Å². The molecule has 1 aliphatic carbocycles. The molecule has 98 valence electrons. The molecule has 0 unspecified atom stereocenters. The van der Waals surface area contributed by atoms with E-state index >= 15 is 0 Å². The van der Waals surface area contributed by atoms with Gasteiger partial charge in [-0.05, 0) is 24.3 Å². The molecule has 1 heterocycles. The Kier molecular flexibility index (Phi) is 3.07. The molecule has 0 radical (unpaired) electrons. The van der Waals surface area contributed by atoms with Gasteiger partial charge in [-0.1, -0.05) is 42.4 Å². The van der Waals surface area contributed by atoms with Crippen molar-refractivity contribution in [2.75, 3.05) is 0 Å². The second-order valence-corrected chi connectivity index (χ2v) is 4.94. The average molecular weight is 255 g/mol. The monoisotopic (exact) mass is 255 g/mol. The molecule has 0 spiro atoms. The van der Waals surface area contributed by atoms with E-state index in [2.05, 4.69) is 34.4 Å². The molecule has 0 saturated heterocycles. The molecule has 0 fully saturated rings. The van der Waals surface area contributed by atoms with Crippen molar-refractivity contribution in [2.45, 2.75) is 32.1 Å². The predicted molar refractivity (Wildman–Crippen MR) is 73.8 cm³/mol. The van der Waals surface area contributed by atoms with E-state index in [-0.39, 0.29) is 0 Å². The van der Waals surface area contributed by atoms with Gasteiger partial charge in [0.25, 0.3) is 0 Å². The fourth-order valence-electron chi connectivity index (χ4n) is 2.87. The highest BCUT2D eigenvalue weighted by Gasteiger charge is 2.29. The normalized spacial score (nSPS) is 20.5. The topological polar surface area (TPSA) is 61.3 Å². The molecule has 4 heteroatoms. The molecule has 1 aliphatic rings. The number of aryl methyl sites for hydroxylation is 1. The molecular formula is C15H17N3O. The molecule has 1 atom stereocenters. The summed E-state index contributed by atoms with van der Waals surface area (Å²) in [7, 11) is 0. The predicted octanol–water partition coefficient (Wildman–Crippen LogP) is 2.88. The maximum atomic E-state index is 9.29. The summed E-state index contributed by atoms with van der Waals surface area (Å²) >= 11 is 0. The highest BCUT2D eigenvalue weighted by atomic mass is 16.4. The number of H-pyrrole nitrogens is 1. The molecule has 0 bridgehead atoms. The summed E-state index contributed by atoms with van der Waals surface area (Å²) in [6.45, 7) is 2.06. The van der Waals surface area contributed by atoms with Crippen molar-refractivity contribution in [3.8, 4) is 0 Å². The lowest BCUT2D eigenvalue weighted by molar-refractivity contribution is 0.317. The van der Waals surface area contributed by atoms with Crippen LogP contribution in [0.15, 0.2) is 35.5 Å². The van der Waals surface area contributed by atoms with Gasteiger partial charge in [0, 0.05) is 17.7 Å². The number of aromatic amines is 1. The molecule has 3 rings (SSSR count). The zero-order valence-electron chi connectivity index (χ0n) is 10.9. The molecule has 0 amide bonds. The first-order valence-corrected chi connectivity index (χ1v) is 6.65. The lowest BCUT2D eigenvalue weighted by atomic mass is 9.81. The summed E-state index contributed by atoms with van der Waals surface area (Å²) < 4.78 is 0. The van der Waals surface area contributed by atoms with Crippen LogP contribution in [0.3, 0.4) is 0 Å². The number of nitrogens with zero attached hydrogens (tertiary/aromatic N) is 2. The summed E-state index contributed by atoms with van der Waals surface area (Å²) in [5.74, 6) is 0.352. The first-order valence-electron chi connectivity index (χ1n) is 6.65. The summed E-state index contributed by atoms with van der Waals surface area (Å²) in [5.41, 5.74) is 5.14. The molecule has 0 aliphatic heterocycles. The SMILES string of the molecule is CCc1n[nH]c2c1/C(=N/O)C[C@H](c1ccccc1)C2. The number of nitrogens with one attached hydrogen (secondary N) is 1. The molecular weight excluding hydrogens is 238 g/mol. The maximum Gasteiger partial charge on any atom is 0.0911 e. The largest absolute Gasteiger partial charge is 0.411 e. The van der Waals surface area contributed by atoms with Crippen molar-refractivity contribution in [2.24, 2.45) is 5.16 Å². The fraction of sp³-hybridized carbons (Fsp3) is 0.333. The third-order valence-electron chi connectivity index (χ3n) is 3.82. The molecule has 2 N–H and O–H groups in total. The third-order valence-corrected chi connectivity index (χ3v) is 3.82. The number of fused-ring (bicyclic) bond motifs is 1. The highest BCUT2D eigenvalue weighted by Crippen LogP contribution is 2.33. The van der Waals surface area contributed by atoms with Crippen LogP contribution in [0.4, 0.5) is 0 Å². The summed E-state index contributed by atoms with van der Waals surface area (Å²) in [6.07, 6.45) is 2.53. The van der Waals surface area contributed by atoms with Crippen LogP contribution in [0.5, 0.6) is 0 Å². The van der Waals surface area contributed by atoms with Crippen LogP contribution in [0, 0.1) is 0 Å². The minimum absolute atomic E-state index is 0.352. The zero-order chi connectivity index (χ0) is 13.2. The van der Waals surface area contributed by atoms with Crippen molar-refractivity contribution in [3.05, 3.63) is 52.8 Å². The van der Waals surface area contributed by atoms with E-state index in [0.717, 1.165) is 41.9 Å². The van der Waals surface area contributed by atoms with E-state index in [1.807, 2.05) is 18.2 Å². The Hall–Kier alpha value is -2.10. The number of aromatic nitrogens is 2. The average Bonchev–Trinajstić information content (AvgIpc) is 2.90. The van der Waals surface area contributed by atoms with Gasteiger partial charge in [-0.15, -0.1) is 0 Å². The van der Waals surface area contributed by atoms with Crippen molar-refractivity contribution in [1.82, 2.24) is 10.2 Å². The number of rotatable bonds is 2. The van der Waals surface area contributed by atoms with Crippen LogP contribution < -0.4 is 0 Å². The smallest absolute Gasteiger partial charge is 0.0911 e. The Balaban J connectivity index is 2.00. The number of hydrogen-bond donors (Lipinski definition) is 2. The number of hydrogen-bond acceptors (Lipinski definition) is 3. The van der Waals surface area contributed by atoms with Crippen molar-refractivity contribution >= 4 is 5.71 Å². The van der Waals surface area contributed by atoms with E-state index < -0.39 is 0 Å². The second-order valence-electron chi connectivity index (χ2n) is 4.94. The Labute approximate surface area is 112 Å². The van der Waals surface area contributed by atoms with E-state index in [1.54, 1.807) is 0 Å². The van der Waals surface area contributed by atoms with Gasteiger partial charge in [-0.25, -0.2) is 0 Å². The molecule has 19 heavy (non-hydrogen) atoms. The number of oxime groups is 1. The van der Waals surface area contributed by atoms with E-state index in [1.165, 1.54) is 5.56 Å². The van der Waals surface area contributed by atoms with Crippen molar-refractivity contribution < 1.29 is 5.21 Å². The van der Waals surface area contributed by atoms with Gasteiger partial charge in [-0.3, -0.25) is 5.10 Å². The zero-order valence-corrected chi connectivity index (χ0v) is 10.9. The Morgan fingerprint density at radius 2 is 2.11 bits per heavy atom. The van der Waals surface area contributed by atoms with Crippen LogP contribution in [0.1, 0.15) is 41.8 Å². The molecule has 1 aromatic carbocycles. The van der Waals surface area contributed by atoms with Gasteiger partial charge in [0.1, 0.15) is 0 Å². The van der Waals surface area contributed by atoms with Gasteiger partial charge < -0.3 is 5.21 Å². The van der Waals surface area contributed by atoms with Crippen LogP contribution in [-0.4, -0.2) is 21.1 Å². The first-order chi connectivity index (χ1) is 9.33. The quantitative estimate of drug-likeness (QED) is 0.640. The van der Waals surface area contributed by atoms with E-state index in [0.29, 0.717) is 5.92 Å². The minimum atomic E-state index is 0.352. The van der Waals surface area contributed by atoms with Gasteiger partial charge >= 0.3 is 0 Å². The Morgan fingerprint density at radius 1 is 1.32 bits per heavy atom. The lowest BCUT2D eigenvalue weighted by Crippen LogP contribution is -2.20. The standard InChI is InChI=1S/C15H17N3O/c1-2-12-15-13(17-16-12)8-11(9-14(15)18-19)10-6-4-3-5-7-10/h3-7,11,19H,2,8-9H2,1H3,(H,16,17)/b18-14+/t11-/m1/s1. The molecule has 1 aromatic heterocycles. The van der Waals surface area contributed by atoms with Crippen LogP contribution in [0.25, 0.3) is 0 Å². The van der Waals surface area contributed by atoms with Crippen molar-refractivity contribution in [1.29, 1.82) is 0 Å². The molecule has 0 saturated carbocycles. The summed E-state index contributed by atoms with van der Waals surface area (Å²) in [5, 5.41) is 20.2. The Morgan fingerprint density at radius 3 is 2.79 bits per heavy atom. The molecule has 4 nitrogen and oxygen atoms in total. The second kappa shape index (κ2) is 4.88. The van der Waals surface area contributed by atoms with Crippen molar-refractivity contribution in [3.63, 3.8) is 0 Å². The van der Waals surface area contributed by atoms with E-state index in [9.17, 15) is 5.21 Å². The third kappa shape index (κ3) is 2.03. The van der Waals surface area contributed by atoms with E-state index in [4.69, 9.17) is 0 Å². The van der Waals surface area contributed by atoms with Gasteiger partial charge in [-0.2, -0.15) is 5.10 Å². The fourth-order valence-corrected chi connectivity index (χ4v) is 2.87. The van der Waals surface area contributed by atoms with Gasteiger partial charge in [0.05, 0.1) is 11.4 Å². The summed E-state index contributed by atoms with van der Waals surface area (Å²) in [4.78, 5) is 0. The van der Waals surface area contributed by atoms with Gasteiger partial charge in [0.15, 0.2) is 0 Å². The van der Waals surface area contributed by atoms with Crippen LogP contribution >= 0.6 is 0 Å². The highest BCUT2D eigenvalue weighted by molar-refractivity contribution is 6.03. The molecule has 2 aromatic rings. The summed E-state index contributed by atoms with van der Waals surface area (Å²) in [6, 6.07) is 10.4.